The first-order valence-corrected chi connectivity index (χ1v) is 5.34. The minimum atomic E-state index is -0.359. The van der Waals surface area contributed by atoms with Crippen LogP contribution in [0.2, 0.25) is 0 Å². The molecular weight excluding hydrogens is 209 g/mol. The smallest absolute Gasteiger partial charge is 0.187 e. The number of nitrogens with one attached hydrogen (secondary N) is 1. The van der Waals surface area contributed by atoms with Gasteiger partial charge in [-0.3, -0.25) is 0 Å². The summed E-state index contributed by atoms with van der Waals surface area (Å²) in [5.74, 6) is -0.0878. The van der Waals surface area contributed by atoms with Crippen LogP contribution < -0.4 is 5.32 Å². The number of nitrogens with zero attached hydrogens (tertiary/aromatic N) is 2. The number of hydrogen-bond donors (Lipinski definition) is 1. The fraction of sp³-hybridized carbons (Fsp3) is 0.636. The Morgan fingerprint density at radius 3 is 2.56 bits per heavy atom. The summed E-state index contributed by atoms with van der Waals surface area (Å²) in [4.78, 5) is 7.93. The van der Waals surface area contributed by atoms with Crippen LogP contribution in [0.25, 0.3) is 0 Å². The van der Waals surface area contributed by atoms with Gasteiger partial charge in [-0.05, 0) is 0 Å². The molecule has 0 spiro atoms. The van der Waals surface area contributed by atoms with Crippen LogP contribution in [-0.4, -0.2) is 29.2 Å². The molecule has 1 N–H and O–H groups in total. The Hall–Kier alpha value is -1.23. The van der Waals surface area contributed by atoms with Crippen molar-refractivity contribution in [2.75, 3.05) is 18.5 Å². The summed E-state index contributed by atoms with van der Waals surface area (Å²) in [6.07, 6.45) is 1.39. The highest BCUT2D eigenvalue weighted by Crippen LogP contribution is 2.26. The van der Waals surface area contributed by atoms with Crippen LogP contribution in [0.1, 0.15) is 26.5 Å². The van der Waals surface area contributed by atoms with E-state index < -0.39 is 0 Å². The molecule has 5 heteroatoms. The summed E-state index contributed by atoms with van der Waals surface area (Å²) in [6.45, 7) is 6.99. The first kappa shape index (κ1) is 11.3. The van der Waals surface area contributed by atoms with Gasteiger partial charge in [0.15, 0.2) is 11.6 Å². The lowest BCUT2D eigenvalue weighted by Gasteiger charge is -2.28. The number of rotatable bonds is 2. The highest BCUT2D eigenvalue weighted by Gasteiger charge is 2.25. The first-order valence-electron chi connectivity index (χ1n) is 5.34. The Morgan fingerprint density at radius 2 is 2.06 bits per heavy atom. The molecule has 1 saturated heterocycles. The first-order chi connectivity index (χ1) is 7.48. The molecule has 1 aromatic heterocycles. The molecule has 0 aliphatic carbocycles. The molecule has 1 aromatic rings. The number of halogens is 1. The van der Waals surface area contributed by atoms with Gasteiger partial charge in [0.2, 0.25) is 0 Å². The Labute approximate surface area is 94.2 Å². The Bertz CT molecular complexity index is 385. The molecule has 0 unspecified atom stereocenters. The van der Waals surface area contributed by atoms with E-state index in [9.17, 15) is 4.39 Å². The topological polar surface area (TPSA) is 47.0 Å². The molecule has 0 atom stereocenters. The minimum absolute atomic E-state index is 0.164. The van der Waals surface area contributed by atoms with Gasteiger partial charge in [-0.15, -0.1) is 0 Å². The van der Waals surface area contributed by atoms with Crippen LogP contribution in [0.5, 0.6) is 0 Å². The van der Waals surface area contributed by atoms with Crippen molar-refractivity contribution in [3.8, 4) is 0 Å². The SMILES string of the molecule is CC(C)(C)c1ncnc(NC2COC2)c1F. The van der Waals surface area contributed by atoms with Crippen LogP contribution in [0.3, 0.4) is 0 Å². The Balaban J connectivity index is 2.25. The van der Waals surface area contributed by atoms with Crippen LogP contribution in [0, 0.1) is 5.82 Å². The molecule has 0 radical (unpaired) electrons. The molecule has 1 aliphatic heterocycles. The molecule has 2 rings (SSSR count). The van der Waals surface area contributed by atoms with Gasteiger partial charge in [-0.2, -0.15) is 0 Å². The van der Waals surface area contributed by atoms with Crippen LogP contribution in [-0.2, 0) is 10.2 Å². The monoisotopic (exact) mass is 225 g/mol. The lowest BCUT2D eigenvalue weighted by atomic mass is 9.91. The highest BCUT2D eigenvalue weighted by molar-refractivity contribution is 5.40. The molecule has 4 nitrogen and oxygen atoms in total. The summed E-state index contributed by atoms with van der Waals surface area (Å²) in [5.41, 5.74) is 0.116. The second-order valence-electron chi connectivity index (χ2n) is 5.01. The summed E-state index contributed by atoms with van der Waals surface area (Å²) in [6, 6.07) is 0.164. The van der Waals surface area contributed by atoms with Crippen molar-refractivity contribution in [2.45, 2.75) is 32.2 Å². The quantitative estimate of drug-likeness (QED) is 0.832. The van der Waals surface area contributed by atoms with Crippen molar-refractivity contribution in [2.24, 2.45) is 0 Å². The molecule has 0 bridgehead atoms. The van der Waals surface area contributed by atoms with Crippen molar-refractivity contribution in [3.05, 3.63) is 17.8 Å². The second-order valence-corrected chi connectivity index (χ2v) is 5.01. The second kappa shape index (κ2) is 3.97. The molecule has 0 aromatic carbocycles. The molecule has 16 heavy (non-hydrogen) atoms. The van der Waals surface area contributed by atoms with E-state index in [1.165, 1.54) is 6.33 Å². The summed E-state index contributed by atoms with van der Waals surface area (Å²) in [5, 5.41) is 3.01. The molecule has 1 aliphatic rings. The maximum absolute atomic E-state index is 14.1. The minimum Gasteiger partial charge on any atom is -0.377 e. The zero-order valence-corrected chi connectivity index (χ0v) is 9.75. The van der Waals surface area contributed by atoms with Crippen molar-refractivity contribution >= 4 is 5.82 Å². The predicted molar refractivity (Wildman–Crippen MR) is 58.9 cm³/mol. The van der Waals surface area contributed by atoms with Gasteiger partial charge in [0.25, 0.3) is 0 Å². The maximum atomic E-state index is 14.1. The molecule has 0 amide bonds. The van der Waals surface area contributed by atoms with Gasteiger partial charge in [0.1, 0.15) is 6.33 Å². The third-order valence-electron chi connectivity index (χ3n) is 2.48. The molecule has 2 heterocycles. The van der Waals surface area contributed by atoms with Crippen LogP contribution >= 0.6 is 0 Å². The van der Waals surface area contributed by atoms with Crippen molar-refractivity contribution in [1.29, 1.82) is 0 Å². The lowest BCUT2D eigenvalue weighted by molar-refractivity contribution is 0.0208. The average molecular weight is 225 g/mol. The fourth-order valence-electron chi connectivity index (χ4n) is 1.51. The Kier molecular flexibility index (Phi) is 2.80. The molecular formula is C11H16FN3O. The van der Waals surface area contributed by atoms with Gasteiger partial charge in [-0.1, -0.05) is 20.8 Å². The lowest BCUT2D eigenvalue weighted by Crippen LogP contribution is -2.41. The van der Waals surface area contributed by atoms with E-state index in [1.54, 1.807) is 0 Å². The van der Waals surface area contributed by atoms with Crippen LogP contribution in [0.4, 0.5) is 10.2 Å². The van der Waals surface area contributed by atoms with E-state index in [1.807, 2.05) is 20.8 Å². The van der Waals surface area contributed by atoms with E-state index in [4.69, 9.17) is 4.74 Å². The largest absolute Gasteiger partial charge is 0.377 e. The van der Waals surface area contributed by atoms with E-state index in [-0.39, 0.29) is 23.1 Å². The van der Waals surface area contributed by atoms with Crippen molar-refractivity contribution < 1.29 is 9.13 Å². The summed E-state index contributed by atoms with van der Waals surface area (Å²) in [7, 11) is 0. The van der Waals surface area contributed by atoms with E-state index >= 15 is 0 Å². The average Bonchev–Trinajstić information content (AvgIpc) is 2.11. The highest BCUT2D eigenvalue weighted by atomic mass is 19.1. The van der Waals surface area contributed by atoms with E-state index in [0.717, 1.165) is 0 Å². The zero-order chi connectivity index (χ0) is 11.8. The number of ether oxygens (including phenoxy) is 1. The van der Waals surface area contributed by atoms with Gasteiger partial charge in [0.05, 0.1) is 24.9 Å². The fourth-order valence-corrected chi connectivity index (χ4v) is 1.51. The number of hydrogen-bond acceptors (Lipinski definition) is 4. The van der Waals surface area contributed by atoms with Crippen molar-refractivity contribution in [1.82, 2.24) is 9.97 Å². The predicted octanol–water partition coefficient (Wildman–Crippen LogP) is 1.72. The van der Waals surface area contributed by atoms with Crippen LogP contribution in [0.15, 0.2) is 6.33 Å². The van der Waals surface area contributed by atoms with Gasteiger partial charge < -0.3 is 10.1 Å². The van der Waals surface area contributed by atoms with E-state index in [0.29, 0.717) is 18.9 Å². The number of anilines is 1. The maximum Gasteiger partial charge on any atom is 0.187 e. The third-order valence-corrected chi connectivity index (χ3v) is 2.48. The molecule has 88 valence electrons. The third kappa shape index (κ3) is 2.14. The summed E-state index contributed by atoms with van der Waals surface area (Å²) >= 11 is 0. The van der Waals surface area contributed by atoms with Crippen molar-refractivity contribution in [3.63, 3.8) is 0 Å². The normalized spacial score (nSPS) is 17.0. The Morgan fingerprint density at radius 1 is 1.38 bits per heavy atom. The van der Waals surface area contributed by atoms with Gasteiger partial charge in [-0.25, -0.2) is 14.4 Å². The summed E-state index contributed by atoms with van der Waals surface area (Å²) < 4.78 is 19.1. The van der Waals surface area contributed by atoms with E-state index in [2.05, 4.69) is 15.3 Å². The number of aromatic nitrogens is 2. The standard InChI is InChI=1S/C11H16FN3O/c1-11(2,3)9-8(12)10(14-6-13-9)15-7-4-16-5-7/h6-7H,4-5H2,1-3H3,(H,13,14,15). The molecule has 1 fully saturated rings. The zero-order valence-electron chi connectivity index (χ0n) is 9.75. The van der Waals surface area contributed by atoms with Gasteiger partial charge >= 0.3 is 0 Å². The molecule has 0 saturated carbocycles. The van der Waals surface area contributed by atoms with Gasteiger partial charge in [0, 0.05) is 5.41 Å².